The number of aryl methyl sites for hydroxylation is 7. The van der Waals surface area contributed by atoms with Crippen LogP contribution in [0, 0.1) is 58.9 Å². The van der Waals surface area contributed by atoms with Crippen LogP contribution in [-0.4, -0.2) is 144 Å². The highest BCUT2D eigenvalue weighted by Gasteiger charge is 2.28. The van der Waals surface area contributed by atoms with Crippen molar-refractivity contribution < 1.29 is 27.4 Å². The van der Waals surface area contributed by atoms with Crippen LogP contribution in [-0.2, 0) is 64.2 Å². The topological polar surface area (TPSA) is 206 Å². The molecule has 21 rings (SSSR count). The number of amidine groups is 5. The highest BCUT2D eigenvalue weighted by Crippen LogP contribution is 2.38. The monoisotopic (exact) mass is 1940 g/mol. The largest absolute Gasteiger partial charge is 0.493 e. The van der Waals surface area contributed by atoms with Gasteiger partial charge in [-0.1, -0.05) is 287 Å². The normalized spacial score (nSPS) is 14.3. The van der Waals surface area contributed by atoms with Crippen molar-refractivity contribution in [2.24, 2.45) is 42.5 Å². The Hall–Kier alpha value is -14.6. The number of hydrogen-bond donors (Lipinski definition) is 4. The number of halogens is 4. The summed E-state index contributed by atoms with van der Waals surface area (Å²) in [5.74, 6) is 7.64. The number of hydrogen-bond acceptors (Lipinski definition) is 16. The molecule has 1 saturated carbocycles. The van der Waals surface area contributed by atoms with Gasteiger partial charge in [-0.05, 0) is 243 Å². The second-order valence-corrected chi connectivity index (χ2v) is 38.2. The molecule has 0 aromatic heterocycles. The van der Waals surface area contributed by atoms with Crippen LogP contribution in [0.2, 0.25) is 5.02 Å². The first kappa shape index (κ1) is 101. The van der Waals surface area contributed by atoms with Crippen LogP contribution in [0.1, 0.15) is 141 Å². The van der Waals surface area contributed by atoms with Crippen molar-refractivity contribution in [2.75, 3.05) is 105 Å². The number of nitrogens with zero attached hydrogens (tertiary/aromatic N) is 9. The summed E-state index contributed by atoms with van der Waals surface area (Å²) in [5, 5.41) is 41.0. The van der Waals surface area contributed by atoms with Crippen molar-refractivity contribution in [1.82, 2.24) is 25.8 Å². The SMILES string of the molecule is CC(C)CCOc1ccc2ccccc2c1CCc1c(F)cccc1C1=NCCN1.Cc1ccc2ccccc2c1CCc1ccccc1C1=NCCN1CC#N.Fc1cccc(C2=NCCN2)c1CCc1c(OCC2CCCCC2)ccc2ccccc12.N#CCN1CCN=C1c1cccc(Cl)c1CCc1cccc2ccccc12.NCCOc1ccc2ccccc2c1CCc1c(F)cccc1C1=NCCN1. The maximum Gasteiger partial charge on any atom is 0.132 e. The van der Waals surface area contributed by atoms with Crippen molar-refractivity contribution >= 4 is 94.6 Å². The molecule has 0 saturated heterocycles. The minimum absolute atomic E-state index is 0.163. The summed E-state index contributed by atoms with van der Waals surface area (Å²) in [7, 11) is 0. The molecule has 0 amide bonds. The van der Waals surface area contributed by atoms with E-state index >= 15 is 0 Å². The Labute approximate surface area is 849 Å². The zero-order chi connectivity index (χ0) is 99.3. The summed E-state index contributed by atoms with van der Waals surface area (Å²) in [5.41, 5.74) is 22.5. The van der Waals surface area contributed by atoms with E-state index in [2.05, 4.69) is 273 Å². The van der Waals surface area contributed by atoms with Crippen LogP contribution in [0.4, 0.5) is 13.2 Å². The minimum atomic E-state index is -0.196. The summed E-state index contributed by atoms with van der Waals surface area (Å²) in [6.07, 6.45) is 15.1. The Morgan fingerprint density at radius 3 is 1.21 bits per heavy atom. The van der Waals surface area contributed by atoms with Gasteiger partial charge in [-0.25, -0.2) is 13.2 Å². The van der Waals surface area contributed by atoms with Crippen LogP contribution in [0.15, 0.2) is 310 Å². The summed E-state index contributed by atoms with van der Waals surface area (Å²) < 4.78 is 62.9. The molecule has 5 N–H and O–H groups in total. The average Bonchev–Trinajstić information content (AvgIpc) is 1.67. The van der Waals surface area contributed by atoms with E-state index in [0.717, 1.165) is 217 Å². The highest BCUT2D eigenvalue weighted by molar-refractivity contribution is 6.32. The summed E-state index contributed by atoms with van der Waals surface area (Å²) >= 11 is 6.58. The fourth-order valence-electron chi connectivity index (χ4n) is 20.6. The predicted molar refractivity (Wildman–Crippen MR) is 586 cm³/mol. The molecular formula is C124H127ClF3N13O3. The molecule has 5 aliphatic heterocycles. The lowest BCUT2D eigenvalue weighted by atomic mass is 9.90. The second kappa shape index (κ2) is 50.4. The maximum absolute atomic E-state index is 14.9. The third kappa shape index (κ3) is 25.2. The molecule has 1 aliphatic carbocycles. The number of ether oxygens (including phenoxy) is 3. The van der Waals surface area contributed by atoms with E-state index in [-0.39, 0.29) is 17.5 Å². The fraction of sp³-hybridized carbons (Fsp3) is 0.298. The molecule has 0 radical (unpaired) electrons. The molecule has 734 valence electrons. The number of rotatable bonds is 32. The Morgan fingerprint density at radius 1 is 0.368 bits per heavy atom. The molecule has 16 nitrogen and oxygen atoms in total. The lowest BCUT2D eigenvalue weighted by Crippen LogP contribution is -2.29. The van der Waals surface area contributed by atoms with Gasteiger partial charge in [0.2, 0.25) is 0 Å². The van der Waals surface area contributed by atoms with Crippen molar-refractivity contribution in [3.05, 3.63) is 397 Å². The number of benzene rings is 15. The van der Waals surface area contributed by atoms with Gasteiger partial charge in [0.1, 0.15) is 83.6 Å². The number of aliphatic imine (C=N–C) groups is 5. The molecule has 0 unspecified atom stereocenters. The Bertz CT molecular complexity index is 7270. The predicted octanol–water partition coefficient (Wildman–Crippen LogP) is 24.4. The Kier molecular flexibility index (Phi) is 35.3. The Balaban J connectivity index is 0.000000124. The standard InChI is InChI=1S/C28H31FN2O.C26H29FN2O.C24H23N3.C23H20ClN3.C23H24FN3O/c29-26-12-6-11-25(28-30-17-18-31-28)23(26)14-15-24-22-10-5-4-9-21(22)13-16-27(24)32-19-20-7-2-1-3-8-20;1-18(2)14-17-30-25-13-10-19-6-3-4-7-20(19)22(25)12-11-21-23(8-5-9-24(21)27)26-28-15-16-29-26;1-18-10-11-19-6-2-4-8-22(19)21(18)13-12-20-7-3-5-9-23(20)24-26-15-17-27(24)16-14-25;24-22-10-4-9-21(23-26-14-16-27(23)15-13-25)20(22)12-11-18-7-3-6-17-5-1-2-8-19(17)18;24-21-7-3-6-20(23-26-13-14-27-23)18(21)9-10-19-17-5-2-1-4-16(17)8-11-22(19)28-15-12-25/h4-6,9-13,16,20H,1-3,7-8,14-15,17-19H2,(H,30,31);3-10,13,18H,11-12,14-17H2,1-2H3,(H,28,29);2-11H,12-13,15-17H2,1H3;1-10H,11-12,14-16H2;1-8,11H,9-10,12-15,25H2,(H,26,27). The van der Waals surface area contributed by atoms with Gasteiger partial charge in [-0.2, -0.15) is 10.5 Å². The lowest BCUT2D eigenvalue weighted by molar-refractivity contribution is 0.207. The first-order valence-corrected chi connectivity index (χ1v) is 51.5. The first-order valence-electron chi connectivity index (χ1n) is 51.2. The van der Waals surface area contributed by atoms with Gasteiger partial charge in [0.25, 0.3) is 0 Å². The van der Waals surface area contributed by atoms with Gasteiger partial charge in [0.05, 0.1) is 58.1 Å². The molecule has 1 fully saturated rings. The number of nitrogens with one attached hydrogen (secondary N) is 3. The van der Waals surface area contributed by atoms with Gasteiger partial charge >= 0.3 is 0 Å². The van der Waals surface area contributed by atoms with Crippen molar-refractivity contribution in [3.8, 4) is 29.4 Å². The molecule has 0 atom stereocenters. The van der Waals surface area contributed by atoms with E-state index in [1.807, 2.05) is 59.5 Å². The minimum Gasteiger partial charge on any atom is -0.493 e. The molecule has 0 spiro atoms. The zero-order valence-corrected chi connectivity index (χ0v) is 83.5. The van der Waals surface area contributed by atoms with Crippen LogP contribution < -0.4 is 35.9 Å². The first-order chi connectivity index (χ1) is 70.7. The van der Waals surface area contributed by atoms with Crippen LogP contribution in [0.5, 0.6) is 17.2 Å². The van der Waals surface area contributed by atoms with E-state index in [0.29, 0.717) is 87.9 Å². The molecule has 15 aromatic carbocycles. The van der Waals surface area contributed by atoms with E-state index < -0.39 is 0 Å². The second-order valence-electron chi connectivity index (χ2n) is 37.8. The third-order valence-electron chi connectivity index (χ3n) is 28.0. The third-order valence-corrected chi connectivity index (χ3v) is 28.3. The van der Waals surface area contributed by atoms with E-state index in [1.54, 1.807) is 24.3 Å². The van der Waals surface area contributed by atoms with Gasteiger partial charge in [0, 0.05) is 88.8 Å². The van der Waals surface area contributed by atoms with Crippen molar-refractivity contribution in [3.63, 3.8) is 0 Å². The molecule has 0 bridgehead atoms. The van der Waals surface area contributed by atoms with Crippen molar-refractivity contribution in [1.29, 1.82) is 10.5 Å². The van der Waals surface area contributed by atoms with Crippen LogP contribution in [0.25, 0.3) is 53.9 Å². The van der Waals surface area contributed by atoms with Gasteiger partial charge < -0.3 is 45.7 Å². The van der Waals surface area contributed by atoms with E-state index in [4.69, 9.17) is 42.1 Å². The zero-order valence-electron chi connectivity index (χ0n) is 82.8. The molecular weight excluding hydrogens is 1810 g/mol. The Morgan fingerprint density at radius 2 is 0.736 bits per heavy atom. The quantitative estimate of drug-likeness (QED) is 0.0292. The molecule has 6 aliphatic rings. The van der Waals surface area contributed by atoms with Crippen molar-refractivity contribution in [2.45, 2.75) is 124 Å². The van der Waals surface area contributed by atoms with Crippen LogP contribution in [0.3, 0.4) is 0 Å². The summed E-state index contributed by atoms with van der Waals surface area (Å²) in [6, 6.07) is 100. The van der Waals surface area contributed by atoms with Crippen LogP contribution >= 0.6 is 11.6 Å². The smallest absolute Gasteiger partial charge is 0.132 e. The van der Waals surface area contributed by atoms with Gasteiger partial charge in [0.15, 0.2) is 0 Å². The molecule has 15 aromatic rings. The molecule has 144 heavy (non-hydrogen) atoms. The van der Waals surface area contributed by atoms with Gasteiger partial charge in [-0.15, -0.1) is 0 Å². The number of fused-ring (bicyclic) bond motifs is 5. The molecule has 5 heterocycles. The van der Waals surface area contributed by atoms with E-state index in [1.165, 1.54) is 121 Å². The number of nitrogens with two attached hydrogens (primary N) is 1. The van der Waals surface area contributed by atoms with Gasteiger partial charge in [-0.3, -0.25) is 25.0 Å². The lowest BCUT2D eigenvalue weighted by Gasteiger charge is -2.23. The summed E-state index contributed by atoms with van der Waals surface area (Å²) in [6.45, 7) is 17.5. The number of nitriles is 2. The highest BCUT2D eigenvalue weighted by atomic mass is 35.5. The molecule has 20 heteroatoms. The maximum atomic E-state index is 14.9. The average molecular weight is 1940 g/mol. The summed E-state index contributed by atoms with van der Waals surface area (Å²) in [4.78, 5) is 26.9. The fourth-order valence-corrected chi connectivity index (χ4v) is 20.9. The van der Waals surface area contributed by atoms with E-state index in [9.17, 15) is 13.2 Å².